The monoisotopic (exact) mass is 248 g/mol. The fraction of sp³-hybridized carbons (Fsp3) is 0.643. The summed E-state index contributed by atoms with van der Waals surface area (Å²) >= 11 is 0. The highest BCUT2D eigenvalue weighted by atomic mass is 15.3. The van der Waals surface area contributed by atoms with E-state index in [1.165, 1.54) is 5.69 Å². The molecule has 1 saturated heterocycles. The zero-order chi connectivity index (χ0) is 13.1. The third-order valence-corrected chi connectivity index (χ3v) is 3.77. The molecule has 1 aliphatic heterocycles. The van der Waals surface area contributed by atoms with Crippen molar-refractivity contribution in [2.24, 2.45) is 5.73 Å². The first-order valence-corrected chi connectivity index (χ1v) is 6.82. The van der Waals surface area contributed by atoms with Gasteiger partial charge in [0.15, 0.2) is 0 Å². The molecular formula is C14H24N4. The third-order valence-electron chi connectivity index (χ3n) is 3.77. The highest BCUT2D eigenvalue weighted by Crippen LogP contribution is 2.19. The van der Waals surface area contributed by atoms with Crippen LogP contribution in [-0.2, 0) is 0 Å². The van der Waals surface area contributed by atoms with Crippen LogP contribution in [0.2, 0.25) is 0 Å². The minimum atomic E-state index is 0.00918. The number of piperazine rings is 1. The Bertz CT molecular complexity index is 374. The molecule has 0 saturated carbocycles. The number of nitrogens with zero attached hydrogens (tertiary/aromatic N) is 3. The zero-order valence-electron chi connectivity index (χ0n) is 11.6. The predicted octanol–water partition coefficient (Wildman–Crippen LogP) is 1.63. The SMILES string of the molecule is CCN1CCN(c2ccc(C(C)N)nc2)CC1C. The summed E-state index contributed by atoms with van der Waals surface area (Å²) in [6.07, 6.45) is 1.95. The van der Waals surface area contributed by atoms with Gasteiger partial charge in [0, 0.05) is 31.7 Å². The summed E-state index contributed by atoms with van der Waals surface area (Å²) in [4.78, 5) is 9.36. The minimum absolute atomic E-state index is 0.00918. The maximum absolute atomic E-state index is 5.82. The standard InChI is InChI=1S/C14H24N4/c1-4-17-7-8-18(10-11(17)2)13-5-6-14(12(3)15)16-9-13/h5-6,9,11-12H,4,7-8,10,15H2,1-3H3. The number of pyridine rings is 1. The summed E-state index contributed by atoms with van der Waals surface area (Å²) < 4.78 is 0. The Morgan fingerprint density at radius 2 is 2.22 bits per heavy atom. The van der Waals surface area contributed by atoms with Gasteiger partial charge in [0.25, 0.3) is 0 Å². The summed E-state index contributed by atoms with van der Waals surface area (Å²) in [5.41, 5.74) is 7.99. The van der Waals surface area contributed by atoms with Crippen molar-refractivity contribution in [1.29, 1.82) is 0 Å². The summed E-state index contributed by atoms with van der Waals surface area (Å²) in [7, 11) is 0. The average molecular weight is 248 g/mol. The first-order chi connectivity index (χ1) is 8.61. The zero-order valence-corrected chi connectivity index (χ0v) is 11.6. The molecule has 2 unspecified atom stereocenters. The predicted molar refractivity (Wildman–Crippen MR) is 75.8 cm³/mol. The second-order valence-corrected chi connectivity index (χ2v) is 5.15. The molecule has 2 atom stereocenters. The molecule has 0 radical (unpaired) electrons. The number of aromatic nitrogens is 1. The van der Waals surface area contributed by atoms with Crippen molar-refractivity contribution in [3.05, 3.63) is 24.0 Å². The van der Waals surface area contributed by atoms with E-state index in [4.69, 9.17) is 5.73 Å². The van der Waals surface area contributed by atoms with E-state index in [9.17, 15) is 0 Å². The third kappa shape index (κ3) is 2.82. The highest BCUT2D eigenvalue weighted by Gasteiger charge is 2.22. The van der Waals surface area contributed by atoms with Crippen molar-refractivity contribution in [2.75, 3.05) is 31.1 Å². The van der Waals surface area contributed by atoms with Gasteiger partial charge in [-0.3, -0.25) is 9.88 Å². The number of hydrogen-bond donors (Lipinski definition) is 1. The van der Waals surface area contributed by atoms with Gasteiger partial charge in [0.05, 0.1) is 17.6 Å². The van der Waals surface area contributed by atoms with E-state index in [1.54, 1.807) is 0 Å². The van der Waals surface area contributed by atoms with Crippen LogP contribution in [0.4, 0.5) is 5.69 Å². The molecule has 0 aliphatic carbocycles. The summed E-state index contributed by atoms with van der Waals surface area (Å²) in [6, 6.07) is 4.79. The van der Waals surface area contributed by atoms with Gasteiger partial charge in [-0.1, -0.05) is 6.92 Å². The van der Waals surface area contributed by atoms with Crippen LogP contribution in [0, 0.1) is 0 Å². The Kier molecular flexibility index (Phi) is 4.19. The lowest BCUT2D eigenvalue weighted by molar-refractivity contribution is 0.199. The van der Waals surface area contributed by atoms with E-state index in [0.29, 0.717) is 6.04 Å². The van der Waals surface area contributed by atoms with Crippen molar-refractivity contribution in [3.8, 4) is 0 Å². The van der Waals surface area contributed by atoms with Gasteiger partial charge < -0.3 is 10.6 Å². The van der Waals surface area contributed by atoms with Crippen molar-refractivity contribution in [1.82, 2.24) is 9.88 Å². The number of hydrogen-bond acceptors (Lipinski definition) is 4. The minimum Gasteiger partial charge on any atom is -0.367 e. The van der Waals surface area contributed by atoms with E-state index in [-0.39, 0.29) is 6.04 Å². The summed E-state index contributed by atoms with van der Waals surface area (Å²) in [6.45, 7) is 10.9. The maximum atomic E-state index is 5.82. The Morgan fingerprint density at radius 1 is 1.44 bits per heavy atom. The summed E-state index contributed by atoms with van der Waals surface area (Å²) in [5.74, 6) is 0. The van der Waals surface area contributed by atoms with Crippen LogP contribution in [-0.4, -0.2) is 42.1 Å². The Hall–Kier alpha value is -1.13. The second-order valence-electron chi connectivity index (χ2n) is 5.15. The Balaban J connectivity index is 2.04. The van der Waals surface area contributed by atoms with Crippen molar-refractivity contribution in [3.63, 3.8) is 0 Å². The summed E-state index contributed by atoms with van der Waals surface area (Å²) in [5, 5.41) is 0. The van der Waals surface area contributed by atoms with Gasteiger partial charge in [-0.05, 0) is 32.5 Å². The number of nitrogens with two attached hydrogens (primary N) is 1. The van der Waals surface area contributed by atoms with Crippen LogP contribution in [0.5, 0.6) is 0 Å². The van der Waals surface area contributed by atoms with Crippen molar-refractivity contribution < 1.29 is 0 Å². The molecule has 2 rings (SSSR count). The van der Waals surface area contributed by atoms with Gasteiger partial charge in [-0.15, -0.1) is 0 Å². The molecule has 1 aromatic rings. The van der Waals surface area contributed by atoms with Crippen LogP contribution in [0.3, 0.4) is 0 Å². The molecular weight excluding hydrogens is 224 g/mol. The normalized spacial score (nSPS) is 23.1. The molecule has 2 N–H and O–H groups in total. The van der Waals surface area contributed by atoms with E-state index >= 15 is 0 Å². The van der Waals surface area contributed by atoms with Crippen LogP contribution in [0.15, 0.2) is 18.3 Å². The van der Waals surface area contributed by atoms with Crippen LogP contribution in [0.25, 0.3) is 0 Å². The van der Waals surface area contributed by atoms with E-state index < -0.39 is 0 Å². The molecule has 0 amide bonds. The van der Waals surface area contributed by atoms with Crippen molar-refractivity contribution >= 4 is 5.69 Å². The lowest BCUT2D eigenvalue weighted by Crippen LogP contribution is -2.51. The lowest BCUT2D eigenvalue weighted by atomic mass is 10.1. The Labute approximate surface area is 110 Å². The Morgan fingerprint density at radius 3 is 2.72 bits per heavy atom. The average Bonchev–Trinajstić information content (AvgIpc) is 2.38. The van der Waals surface area contributed by atoms with Crippen LogP contribution >= 0.6 is 0 Å². The van der Waals surface area contributed by atoms with Gasteiger partial charge in [0.1, 0.15) is 0 Å². The van der Waals surface area contributed by atoms with E-state index in [1.807, 2.05) is 19.2 Å². The van der Waals surface area contributed by atoms with Gasteiger partial charge >= 0.3 is 0 Å². The van der Waals surface area contributed by atoms with E-state index in [0.717, 1.165) is 31.9 Å². The smallest absolute Gasteiger partial charge is 0.0569 e. The van der Waals surface area contributed by atoms with Crippen molar-refractivity contribution in [2.45, 2.75) is 32.9 Å². The highest BCUT2D eigenvalue weighted by molar-refractivity contribution is 5.45. The number of anilines is 1. The fourth-order valence-corrected chi connectivity index (χ4v) is 2.55. The first-order valence-electron chi connectivity index (χ1n) is 6.82. The second kappa shape index (κ2) is 5.67. The molecule has 2 heterocycles. The lowest BCUT2D eigenvalue weighted by Gasteiger charge is -2.40. The van der Waals surface area contributed by atoms with E-state index in [2.05, 4.69) is 34.7 Å². The van der Waals surface area contributed by atoms with Crippen LogP contribution < -0.4 is 10.6 Å². The molecule has 100 valence electrons. The topological polar surface area (TPSA) is 45.4 Å². The van der Waals surface area contributed by atoms with Gasteiger partial charge in [0.2, 0.25) is 0 Å². The van der Waals surface area contributed by atoms with Gasteiger partial charge in [-0.2, -0.15) is 0 Å². The molecule has 4 nitrogen and oxygen atoms in total. The van der Waals surface area contributed by atoms with Gasteiger partial charge in [-0.25, -0.2) is 0 Å². The maximum Gasteiger partial charge on any atom is 0.0569 e. The number of likely N-dealkylation sites (N-methyl/N-ethyl adjacent to an activating group) is 1. The van der Waals surface area contributed by atoms with Crippen LogP contribution in [0.1, 0.15) is 32.5 Å². The number of rotatable bonds is 3. The molecule has 0 spiro atoms. The fourth-order valence-electron chi connectivity index (χ4n) is 2.55. The largest absolute Gasteiger partial charge is 0.367 e. The molecule has 1 aliphatic rings. The molecule has 0 aromatic carbocycles. The molecule has 1 aromatic heterocycles. The molecule has 4 heteroatoms. The molecule has 0 bridgehead atoms. The first kappa shape index (κ1) is 13.3. The quantitative estimate of drug-likeness (QED) is 0.883. The molecule has 1 fully saturated rings. The molecule has 18 heavy (non-hydrogen) atoms.